The van der Waals surface area contributed by atoms with Crippen molar-refractivity contribution in [3.63, 3.8) is 0 Å². The maximum atomic E-state index is 13.1. The van der Waals surface area contributed by atoms with E-state index in [1.54, 1.807) is 6.92 Å². The third-order valence-electron chi connectivity index (χ3n) is 2.03. The number of hydrogen-bond donors (Lipinski definition) is 3. The number of urea groups is 1. The van der Waals surface area contributed by atoms with Gasteiger partial charge in [0.15, 0.2) is 0 Å². The van der Waals surface area contributed by atoms with Crippen molar-refractivity contribution in [2.45, 2.75) is 13.3 Å². The summed E-state index contributed by atoms with van der Waals surface area (Å²) in [6.45, 7) is 2.24. The van der Waals surface area contributed by atoms with Gasteiger partial charge in [-0.15, -0.1) is 0 Å². The Morgan fingerprint density at radius 2 is 2.28 bits per heavy atom. The fourth-order valence-corrected chi connectivity index (χ4v) is 1.27. The summed E-state index contributed by atoms with van der Waals surface area (Å²) in [5.41, 5.74) is 0.822. The number of hydrogen-bond acceptors (Lipinski definition) is 2. The van der Waals surface area contributed by atoms with E-state index in [2.05, 4.69) is 22.5 Å². The third-order valence-corrected chi connectivity index (χ3v) is 2.03. The summed E-state index contributed by atoms with van der Waals surface area (Å²) in [6, 6.07) is 3.58. The van der Waals surface area contributed by atoms with Crippen LogP contribution in [0.3, 0.4) is 0 Å². The highest BCUT2D eigenvalue weighted by Gasteiger charge is 2.05. The Bertz CT molecular complexity index is 478. The summed E-state index contributed by atoms with van der Waals surface area (Å²) in [4.78, 5) is 11.4. The highest BCUT2D eigenvalue weighted by atomic mass is 19.1. The van der Waals surface area contributed by atoms with Crippen molar-refractivity contribution in [1.82, 2.24) is 5.32 Å². The van der Waals surface area contributed by atoms with Crippen LogP contribution >= 0.6 is 0 Å². The monoisotopic (exact) mass is 250 g/mol. The lowest BCUT2D eigenvalue weighted by Crippen LogP contribution is -2.28. The molecule has 1 rings (SSSR count). The van der Waals surface area contributed by atoms with Crippen LogP contribution < -0.4 is 10.6 Å². The Hall–Kier alpha value is -2.06. The predicted octanol–water partition coefficient (Wildman–Crippen LogP) is 1.70. The van der Waals surface area contributed by atoms with Crippen LogP contribution in [-0.2, 0) is 0 Å². The SMILES string of the molecule is CCNC(=O)Nc1ccc(F)cc1C#CCCO. The number of anilines is 1. The van der Waals surface area contributed by atoms with E-state index in [4.69, 9.17) is 5.11 Å². The van der Waals surface area contributed by atoms with Crippen LogP contribution in [0.25, 0.3) is 0 Å². The Balaban J connectivity index is 2.90. The van der Waals surface area contributed by atoms with Crippen LogP contribution in [0, 0.1) is 17.7 Å². The number of nitrogens with one attached hydrogen (secondary N) is 2. The van der Waals surface area contributed by atoms with Gasteiger partial charge in [-0.3, -0.25) is 0 Å². The summed E-state index contributed by atoms with van der Waals surface area (Å²) < 4.78 is 13.1. The van der Waals surface area contributed by atoms with Crippen molar-refractivity contribution in [2.75, 3.05) is 18.5 Å². The molecule has 0 heterocycles. The van der Waals surface area contributed by atoms with E-state index < -0.39 is 5.82 Å². The van der Waals surface area contributed by atoms with E-state index in [1.165, 1.54) is 18.2 Å². The lowest BCUT2D eigenvalue weighted by molar-refractivity contribution is 0.252. The normalized spacial score (nSPS) is 9.28. The molecule has 0 saturated heterocycles. The van der Waals surface area contributed by atoms with Gasteiger partial charge < -0.3 is 15.7 Å². The van der Waals surface area contributed by atoms with Crippen LogP contribution in [0.1, 0.15) is 18.9 Å². The van der Waals surface area contributed by atoms with Crippen molar-refractivity contribution >= 4 is 11.7 Å². The molecular formula is C13H15FN2O2. The van der Waals surface area contributed by atoms with Crippen molar-refractivity contribution in [3.8, 4) is 11.8 Å². The summed E-state index contributed by atoms with van der Waals surface area (Å²) in [5.74, 6) is 4.97. The largest absolute Gasteiger partial charge is 0.395 e. The highest BCUT2D eigenvalue weighted by molar-refractivity contribution is 5.90. The highest BCUT2D eigenvalue weighted by Crippen LogP contribution is 2.15. The molecule has 0 aliphatic carbocycles. The van der Waals surface area contributed by atoms with Gasteiger partial charge in [0, 0.05) is 13.0 Å². The lowest BCUT2D eigenvalue weighted by atomic mass is 10.1. The summed E-state index contributed by atoms with van der Waals surface area (Å²) >= 11 is 0. The standard InChI is InChI=1S/C13H15FN2O2/c1-2-15-13(18)16-12-7-6-11(14)9-10(12)5-3-4-8-17/h6-7,9,17H,2,4,8H2,1H3,(H2,15,16,18). The number of amides is 2. The Morgan fingerprint density at radius 3 is 2.94 bits per heavy atom. The molecule has 0 spiro atoms. The first-order chi connectivity index (χ1) is 8.67. The van der Waals surface area contributed by atoms with Crippen LogP contribution in [-0.4, -0.2) is 24.3 Å². The molecule has 0 aliphatic heterocycles. The lowest BCUT2D eigenvalue weighted by Gasteiger charge is -2.07. The second-order valence-corrected chi connectivity index (χ2v) is 3.45. The van der Waals surface area contributed by atoms with Crippen molar-refractivity contribution in [3.05, 3.63) is 29.6 Å². The molecule has 0 aromatic heterocycles. The first-order valence-electron chi connectivity index (χ1n) is 5.61. The van der Waals surface area contributed by atoms with Gasteiger partial charge in [0.1, 0.15) is 5.82 Å². The first-order valence-corrected chi connectivity index (χ1v) is 5.61. The van der Waals surface area contributed by atoms with E-state index in [9.17, 15) is 9.18 Å². The van der Waals surface area contributed by atoms with Crippen LogP contribution in [0.5, 0.6) is 0 Å². The summed E-state index contributed by atoms with van der Waals surface area (Å²) in [6.07, 6.45) is 0.303. The zero-order chi connectivity index (χ0) is 13.4. The van der Waals surface area contributed by atoms with E-state index in [0.717, 1.165) is 0 Å². The topological polar surface area (TPSA) is 61.4 Å². The van der Waals surface area contributed by atoms with Crippen molar-refractivity contribution in [2.24, 2.45) is 0 Å². The Morgan fingerprint density at radius 1 is 1.50 bits per heavy atom. The molecular weight excluding hydrogens is 235 g/mol. The quantitative estimate of drug-likeness (QED) is 0.715. The van der Waals surface area contributed by atoms with Gasteiger partial charge in [0.05, 0.1) is 17.9 Å². The Labute approximate surface area is 105 Å². The molecule has 5 heteroatoms. The van der Waals surface area contributed by atoms with Gasteiger partial charge in [0.25, 0.3) is 0 Å². The van der Waals surface area contributed by atoms with E-state index >= 15 is 0 Å². The molecule has 0 aliphatic rings. The fraction of sp³-hybridized carbons (Fsp3) is 0.308. The number of rotatable bonds is 3. The molecule has 0 radical (unpaired) electrons. The van der Waals surface area contributed by atoms with Gasteiger partial charge >= 0.3 is 6.03 Å². The number of carbonyl (C=O) groups excluding carboxylic acids is 1. The molecule has 0 atom stereocenters. The van der Waals surface area contributed by atoms with E-state index in [1.807, 2.05) is 0 Å². The number of benzene rings is 1. The molecule has 0 bridgehead atoms. The molecule has 3 N–H and O–H groups in total. The number of aliphatic hydroxyl groups is 1. The van der Waals surface area contributed by atoms with Crippen molar-refractivity contribution in [1.29, 1.82) is 0 Å². The smallest absolute Gasteiger partial charge is 0.319 e. The summed E-state index contributed by atoms with van der Waals surface area (Å²) in [5, 5.41) is 13.8. The van der Waals surface area contributed by atoms with Gasteiger partial charge in [-0.05, 0) is 25.1 Å². The molecule has 18 heavy (non-hydrogen) atoms. The van der Waals surface area contributed by atoms with E-state index in [-0.39, 0.29) is 12.6 Å². The van der Waals surface area contributed by atoms with Gasteiger partial charge in [-0.25, -0.2) is 9.18 Å². The second-order valence-electron chi connectivity index (χ2n) is 3.45. The van der Waals surface area contributed by atoms with Crippen LogP contribution in [0.15, 0.2) is 18.2 Å². The second kappa shape index (κ2) is 7.30. The number of aliphatic hydroxyl groups excluding tert-OH is 1. The van der Waals surface area contributed by atoms with Gasteiger partial charge in [0.2, 0.25) is 0 Å². The van der Waals surface area contributed by atoms with Gasteiger partial charge in [-0.2, -0.15) is 0 Å². The average molecular weight is 250 g/mol. The summed E-state index contributed by atoms with van der Waals surface area (Å²) in [7, 11) is 0. The van der Waals surface area contributed by atoms with Crippen LogP contribution in [0.2, 0.25) is 0 Å². The minimum atomic E-state index is -0.426. The van der Waals surface area contributed by atoms with Gasteiger partial charge in [-0.1, -0.05) is 11.8 Å². The number of halogens is 1. The Kier molecular flexibility index (Phi) is 5.68. The minimum absolute atomic E-state index is 0.0542. The van der Waals surface area contributed by atoms with Crippen LogP contribution in [0.4, 0.5) is 14.9 Å². The maximum Gasteiger partial charge on any atom is 0.319 e. The molecule has 96 valence electrons. The maximum absolute atomic E-state index is 13.1. The molecule has 4 nitrogen and oxygen atoms in total. The zero-order valence-electron chi connectivity index (χ0n) is 10.1. The zero-order valence-corrected chi connectivity index (χ0v) is 10.1. The molecule has 0 saturated carbocycles. The fourth-order valence-electron chi connectivity index (χ4n) is 1.27. The molecule has 2 amide bonds. The van der Waals surface area contributed by atoms with Crippen molar-refractivity contribution < 1.29 is 14.3 Å². The first kappa shape index (κ1) is 14.0. The molecule has 0 fully saturated rings. The molecule has 1 aromatic rings. The third kappa shape index (κ3) is 4.44. The average Bonchev–Trinajstić information content (AvgIpc) is 2.33. The molecule has 0 unspecified atom stereocenters. The van der Waals surface area contributed by atoms with E-state index in [0.29, 0.717) is 24.2 Å². The predicted molar refractivity (Wildman–Crippen MR) is 67.7 cm³/mol. The minimum Gasteiger partial charge on any atom is -0.395 e. The number of carbonyl (C=O) groups is 1. The molecule has 1 aromatic carbocycles.